The van der Waals surface area contributed by atoms with Crippen molar-refractivity contribution in [3.8, 4) is 17.3 Å². The largest absolute Gasteiger partial charge is 0.465 e. The van der Waals surface area contributed by atoms with E-state index in [4.69, 9.17) is 4.74 Å². The molecule has 1 aromatic carbocycles. The normalized spacial score (nSPS) is 10.5. The number of ketones is 1. The maximum atomic E-state index is 12.9. The van der Waals surface area contributed by atoms with Gasteiger partial charge in [0, 0.05) is 19.5 Å². The van der Waals surface area contributed by atoms with Gasteiger partial charge in [-0.25, -0.2) is 4.39 Å². The third-order valence-electron chi connectivity index (χ3n) is 2.78. The van der Waals surface area contributed by atoms with Crippen LogP contribution in [-0.2, 0) is 7.05 Å². The van der Waals surface area contributed by atoms with Crippen molar-refractivity contribution in [2.75, 3.05) is 6.61 Å². The van der Waals surface area contributed by atoms with E-state index in [0.29, 0.717) is 29.6 Å². The molecule has 0 aliphatic carbocycles. The van der Waals surface area contributed by atoms with Gasteiger partial charge in [-0.3, -0.25) is 9.36 Å². The van der Waals surface area contributed by atoms with Crippen molar-refractivity contribution in [3.05, 3.63) is 35.8 Å². The van der Waals surface area contributed by atoms with Gasteiger partial charge in [0.1, 0.15) is 17.2 Å². The molecule has 1 heterocycles. The molecule has 2 rings (SSSR count). The summed E-state index contributed by atoms with van der Waals surface area (Å²) in [5, 5.41) is 0. The fourth-order valence-electron chi connectivity index (χ4n) is 1.95. The van der Waals surface area contributed by atoms with Gasteiger partial charge in [0.2, 0.25) is 0 Å². The minimum Gasteiger partial charge on any atom is -0.465 e. The molecule has 0 saturated carbocycles. The number of imidazole rings is 1. The number of nitrogens with zero attached hydrogens (tertiary/aromatic N) is 2. The number of carbonyl (C=O) groups is 1. The highest BCUT2D eigenvalue weighted by Gasteiger charge is 2.20. The summed E-state index contributed by atoms with van der Waals surface area (Å²) in [6.07, 6.45) is 0. The Labute approximate surface area is 110 Å². The average Bonchev–Trinajstić information content (AvgIpc) is 2.68. The fraction of sp³-hybridized carbons (Fsp3) is 0.286. The molecule has 0 unspecified atom stereocenters. The van der Waals surface area contributed by atoms with Crippen LogP contribution in [0, 0.1) is 5.82 Å². The second-order valence-electron chi connectivity index (χ2n) is 4.15. The number of carbonyl (C=O) groups excluding carboxylic acids is 1. The molecular formula is C14H15FN2O2. The van der Waals surface area contributed by atoms with E-state index in [0.717, 1.165) is 0 Å². The van der Waals surface area contributed by atoms with Crippen molar-refractivity contribution in [3.63, 3.8) is 0 Å². The smallest absolute Gasteiger partial charge is 0.297 e. The van der Waals surface area contributed by atoms with Crippen molar-refractivity contribution in [1.82, 2.24) is 9.55 Å². The van der Waals surface area contributed by atoms with E-state index < -0.39 is 0 Å². The van der Waals surface area contributed by atoms with Crippen LogP contribution in [-0.4, -0.2) is 21.9 Å². The zero-order valence-electron chi connectivity index (χ0n) is 11.1. The molecular weight excluding hydrogens is 247 g/mol. The predicted octanol–water partition coefficient (Wildman–Crippen LogP) is 2.83. The first-order valence-electron chi connectivity index (χ1n) is 6.01. The van der Waals surface area contributed by atoms with Crippen LogP contribution in [0.25, 0.3) is 11.3 Å². The van der Waals surface area contributed by atoms with Gasteiger partial charge in [0.25, 0.3) is 6.01 Å². The van der Waals surface area contributed by atoms with Crippen LogP contribution >= 0.6 is 0 Å². The molecule has 0 bridgehead atoms. The number of ether oxygens (including phenoxy) is 1. The summed E-state index contributed by atoms with van der Waals surface area (Å²) >= 11 is 0. The van der Waals surface area contributed by atoms with Gasteiger partial charge in [-0.1, -0.05) is 0 Å². The van der Waals surface area contributed by atoms with Crippen LogP contribution < -0.4 is 4.74 Å². The van der Waals surface area contributed by atoms with Gasteiger partial charge in [-0.15, -0.1) is 0 Å². The first kappa shape index (κ1) is 13.3. The second kappa shape index (κ2) is 5.22. The van der Waals surface area contributed by atoms with Gasteiger partial charge in [0.15, 0.2) is 5.78 Å². The van der Waals surface area contributed by atoms with Crippen molar-refractivity contribution in [1.29, 1.82) is 0 Å². The highest BCUT2D eigenvalue weighted by Crippen LogP contribution is 2.27. The molecule has 0 aliphatic heterocycles. The Morgan fingerprint density at radius 1 is 1.37 bits per heavy atom. The molecule has 1 aromatic heterocycles. The molecule has 5 heteroatoms. The quantitative estimate of drug-likeness (QED) is 0.796. The van der Waals surface area contributed by atoms with Crippen LogP contribution in [0.15, 0.2) is 24.3 Å². The standard InChI is InChI=1S/C14H15FN2O2/c1-4-19-14-16-12(13(9(2)18)17(14)3)10-5-7-11(15)8-6-10/h5-8H,4H2,1-3H3. The maximum absolute atomic E-state index is 12.9. The molecule has 0 N–H and O–H groups in total. The van der Waals surface area contributed by atoms with E-state index in [2.05, 4.69) is 4.98 Å². The number of Topliss-reactive ketones (excluding diaryl/α,β-unsaturated/α-hetero) is 1. The molecule has 0 fully saturated rings. The Morgan fingerprint density at radius 2 is 2.00 bits per heavy atom. The van der Waals surface area contributed by atoms with Crippen LogP contribution in [0.1, 0.15) is 24.3 Å². The van der Waals surface area contributed by atoms with Crippen molar-refractivity contribution in [2.45, 2.75) is 13.8 Å². The number of halogens is 1. The number of aromatic nitrogens is 2. The Morgan fingerprint density at radius 3 is 2.53 bits per heavy atom. The molecule has 0 atom stereocenters. The van der Waals surface area contributed by atoms with Crippen LogP contribution in [0.3, 0.4) is 0 Å². The first-order valence-corrected chi connectivity index (χ1v) is 6.01. The lowest BCUT2D eigenvalue weighted by Gasteiger charge is -2.03. The summed E-state index contributed by atoms with van der Waals surface area (Å²) in [6.45, 7) is 3.78. The minimum absolute atomic E-state index is 0.111. The van der Waals surface area contributed by atoms with Crippen molar-refractivity contribution >= 4 is 5.78 Å². The monoisotopic (exact) mass is 262 g/mol. The van der Waals surface area contributed by atoms with Crippen molar-refractivity contribution < 1.29 is 13.9 Å². The van der Waals surface area contributed by atoms with E-state index in [1.807, 2.05) is 6.92 Å². The van der Waals surface area contributed by atoms with E-state index in [1.165, 1.54) is 19.1 Å². The molecule has 100 valence electrons. The number of hydrogen-bond acceptors (Lipinski definition) is 3. The van der Waals surface area contributed by atoms with Gasteiger partial charge >= 0.3 is 0 Å². The molecule has 0 radical (unpaired) electrons. The average molecular weight is 262 g/mol. The molecule has 0 amide bonds. The molecule has 0 saturated heterocycles. The third-order valence-corrected chi connectivity index (χ3v) is 2.78. The summed E-state index contributed by atoms with van der Waals surface area (Å²) in [6, 6.07) is 6.26. The summed E-state index contributed by atoms with van der Waals surface area (Å²) in [5.74, 6) is -0.436. The van der Waals surface area contributed by atoms with E-state index in [9.17, 15) is 9.18 Å². The zero-order valence-corrected chi connectivity index (χ0v) is 11.1. The SMILES string of the molecule is CCOc1nc(-c2ccc(F)cc2)c(C(C)=O)n1C. The topological polar surface area (TPSA) is 44.1 Å². The lowest BCUT2D eigenvalue weighted by atomic mass is 10.1. The molecule has 19 heavy (non-hydrogen) atoms. The van der Waals surface area contributed by atoms with Gasteiger partial charge < -0.3 is 4.74 Å². The highest BCUT2D eigenvalue weighted by molar-refractivity contribution is 5.98. The first-order chi connectivity index (χ1) is 9.04. The number of rotatable bonds is 4. The molecule has 0 spiro atoms. The highest BCUT2D eigenvalue weighted by atomic mass is 19.1. The molecule has 4 nitrogen and oxygen atoms in total. The Balaban J connectivity index is 2.58. The maximum Gasteiger partial charge on any atom is 0.297 e. The molecule has 2 aromatic rings. The summed E-state index contributed by atoms with van der Waals surface area (Å²) in [4.78, 5) is 16.1. The van der Waals surface area contributed by atoms with Gasteiger partial charge in [-0.2, -0.15) is 4.98 Å². The summed E-state index contributed by atoms with van der Waals surface area (Å²) in [5.41, 5.74) is 1.65. The summed E-state index contributed by atoms with van der Waals surface area (Å²) < 4.78 is 19.9. The Kier molecular flexibility index (Phi) is 3.64. The fourth-order valence-corrected chi connectivity index (χ4v) is 1.95. The molecule has 0 aliphatic rings. The minimum atomic E-state index is -0.325. The van der Waals surface area contributed by atoms with E-state index in [-0.39, 0.29) is 11.6 Å². The van der Waals surface area contributed by atoms with Gasteiger partial charge in [0.05, 0.1) is 6.61 Å². The Bertz CT molecular complexity index is 603. The number of hydrogen-bond donors (Lipinski definition) is 0. The van der Waals surface area contributed by atoms with Crippen molar-refractivity contribution in [2.24, 2.45) is 7.05 Å². The van der Waals surface area contributed by atoms with E-state index in [1.54, 1.807) is 23.7 Å². The van der Waals surface area contributed by atoms with Crippen LogP contribution in [0.2, 0.25) is 0 Å². The lowest BCUT2D eigenvalue weighted by molar-refractivity contribution is 0.100. The Hall–Kier alpha value is -2.17. The second-order valence-corrected chi connectivity index (χ2v) is 4.15. The summed E-state index contributed by atoms with van der Waals surface area (Å²) in [7, 11) is 1.72. The number of benzene rings is 1. The van der Waals surface area contributed by atoms with E-state index >= 15 is 0 Å². The third kappa shape index (κ3) is 2.50. The lowest BCUT2D eigenvalue weighted by Crippen LogP contribution is -2.05. The zero-order chi connectivity index (χ0) is 14.0. The van der Waals surface area contributed by atoms with Crippen LogP contribution in [0.4, 0.5) is 4.39 Å². The predicted molar refractivity (Wildman–Crippen MR) is 69.8 cm³/mol. The van der Waals surface area contributed by atoms with Gasteiger partial charge in [-0.05, 0) is 31.2 Å². The van der Waals surface area contributed by atoms with Crippen LogP contribution in [0.5, 0.6) is 6.01 Å².